The molecule has 3 aromatic rings. The van der Waals surface area contributed by atoms with E-state index in [1.165, 1.54) is 0 Å². The molecule has 0 unspecified atom stereocenters. The molecule has 4 rings (SSSR count). The van der Waals surface area contributed by atoms with Crippen LogP contribution in [0.15, 0.2) is 48.5 Å². The lowest BCUT2D eigenvalue weighted by Crippen LogP contribution is -2.45. The Balaban J connectivity index is 1.76. The number of hydrogen-bond donors (Lipinski definition) is 1. The summed E-state index contributed by atoms with van der Waals surface area (Å²) >= 11 is 12.8. The number of nitrogens with zero attached hydrogens (tertiary/aromatic N) is 2. The van der Waals surface area contributed by atoms with Crippen LogP contribution in [0.2, 0.25) is 10.0 Å². The van der Waals surface area contributed by atoms with Crippen LogP contribution in [0.5, 0.6) is 0 Å². The lowest BCUT2D eigenvalue weighted by atomic mass is 10.0. The van der Waals surface area contributed by atoms with Crippen LogP contribution in [0.3, 0.4) is 0 Å². The van der Waals surface area contributed by atoms with E-state index < -0.39 is 0 Å². The first kappa shape index (κ1) is 17.7. The van der Waals surface area contributed by atoms with Gasteiger partial charge in [0, 0.05) is 35.6 Å². The van der Waals surface area contributed by atoms with E-state index >= 15 is 0 Å². The Hall–Kier alpha value is -1.69. The number of morpholine rings is 1. The topological polar surface area (TPSA) is 37.4 Å². The molecule has 0 aliphatic carbocycles. The van der Waals surface area contributed by atoms with Crippen LogP contribution in [0, 0.1) is 0 Å². The van der Waals surface area contributed by atoms with Gasteiger partial charge in [0.05, 0.1) is 29.4 Å². The molecule has 0 bridgehead atoms. The molecule has 1 saturated heterocycles. The third-order valence-corrected chi connectivity index (χ3v) is 5.14. The molecule has 2 heterocycles. The van der Waals surface area contributed by atoms with Gasteiger partial charge in [0.1, 0.15) is 0 Å². The fraction of sp³-hybridized carbons (Fsp3) is 0.250. The van der Waals surface area contributed by atoms with Gasteiger partial charge in [0.2, 0.25) is 0 Å². The highest BCUT2D eigenvalue weighted by Gasteiger charge is 2.15. The summed E-state index contributed by atoms with van der Waals surface area (Å²) in [6, 6.07) is 15.7. The summed E-state index contributed by atoms with van der Waals surface area (Å²) in [5, 5.41) is 4.52. The summed E-state index contributed by atoms with van der Waals surface area (Å²) in [7, 11) is 0. The smallest absolute Gasteiger partial charge is 0.0895 e. The van der Waals surface area contributed by atoms with Crippen LogP contribution >= 0.6 is 23.2 Å². The lowest BCUT2D eigenvalue weighted by molar-refractivity contribution is 0.0106. The van der Waals surface area contributed by atoms with Crippen molar-refractivity contribution in [2.24, 2.45) is 0 Å². The molecule has 1 aliphatic heterocycles. The Morgan fingerprint density at radius 3 is 2.58 bits per heavy atom. The zero-order chi connectivity index (χ0) is 17.9. The van der Waals surface area contributed by atoms with Crippen molar-refractivity contribution in [3.8, 4) is 11.3 Å². The maximum Gasteiger partial charge on any atom is 0.0895 e. The Morgan fingerprint density at radius 2 is 1.77 bits per heavy atom. The van der Waals surface area contributed by atoms with Crippen molar-refractivity contribution in [2.75, 3.05) is 26.3 Å². The van der Waals surface area contributed by atoms with Gasteiger partial charge in [0.25, 0.3) is 0 Å². The SMILES string of the molecule is Clc1ccccc1-c1nc2c(Cl)cccc2cc1CNN1CCOCC1. The number of para-hydroxylation sites is 1. The first-order chi connectivity index (χ1) is 12.7. The quantitative estimate of drug-likeness (QED) is 0.712. The molecule has 0 spiro atoms. The number of aromatic nitrogens is 1. The Kier molecular flexibility index (Phi) is 5.38. The summed E-state index contributed by atoms with van der Waals surface area (Å²) in [6.45, 7) is 3.89. The van der Waals surface area contributed by atoms with Crippen LogP contribution in [0.4, 0.5) is 0 Å². The number of nitrogens with one attached hydrogen (secondary N) is 1. The number of benzene rings is 2. The van der Waals surface area contributed by atoms with Crippen LogP contribution in [-0.2, 0) is 11.3 Å². The van der Waals surface area contributed by atoms with Crippen LogP contribution in [-0.4, -0.2) is 36.3 Å². The predicted molar refractivity (Wildman–Crippen MR) is 106 cm³/mol. The third-order valence-electron chi connectivity index (χ3n) is 4.51. The van der Waals surface area contributed by atoms with Crippen LogP contribution < -0.4 is 5.43 Å². The van der Waals surface area contributed by atoms with Gasteiger partial charge in [-0.2, -0.15) is 0 Å². The van der Waals surface area contributed by atoms with Gasteiger partial charge < -0.3 is 4.74 Å². The van der Waals surface area contributed by atoms with Gasteiger partial charge in [-0.15, -0.1) is 0 Å². The largest absolute Gasteiger partial charge is 0.379 e. The zero-order valence-corrected chi connectivity index (χ0v) is 15.7. The minimum Gasteiger partial charge on any atom is -0.379 e. The van der Waals surface area contributed by atoms with Gasteiger partial charge in [-0.1, -0.05) is 53.5 Å². The summed E-state index contributed by atoms with van der Waals surface area (Å²) < 4.78 is 5.41. The van der Waals surface area contributed by atoms with E-state index in [1.54, 1.807) is 0 Å². The van der Waals surface area contributed by atoms with Crippen molar-refractivity contribution >= 4 is 34.1 Å². The highest BCUT2D eigenvalue weighted by Crippen LogP contribution is 2.32. The molecule has 0 radical (unpaired) electrons. The molecular weight excluding hydrogens is 369 g/mol. The van der Waals surface area contributed by atoms with E-state index in [2.05, 4.69) is 16.5 Å². The second-order valence-electron chi connectivity index (χ2n) is 6.22. The predicted octanol–water partition coefficient (Wildman–Crippen LogP) is 4.55. The van der Waals surface area contributed by atoms with Crippen molar-refractivity contribution < 1.29 is 4.74 Å². The molecule has 2 aromatic carbocycles. The number of halogens is 2. The van der Waals surface area contributed by atoms with E-state index in [0.717, 1.165) is 54.0 Å². The second kappa shape index (κ2) is 7.91. The van der Waals surface area contributed by atoms with E-state index in [9.17, 15) is 0 Å². The maximum atomic E-state index is 6.45. The normalized spacial score (nSPS) is 15.5. The fourth-order valence-electron chi connectivity index (χ4n) is 3.15. The molecule has 0 amide bonds. The number of rotatable bonds is 4. The second-order valence-corrected chi connectivity index (χ2v) is 7.04. The van der Waals surface area contributed by atoms with Crippen molar-refractivity contribution in [1.82, 2.24) is 15.4 Å². The summed E-state index contributed by atoms with van der Waals surface area (Å²) in [5.74, 6) is 0. The summed E-state index contributed by atoms with van der Waals surface area (Å²) in [4.78, 5) is 4.87. The molecule has 1 aromatic heterocycles. The van der Waals surface area contributed by atoms with Gasteiger partial charge in [0.15, 0.2) is 0 Å². The van der Waals surface area contributed by atoms with E-state index in [1.807, 2.05) is 42.5 Å². The molecule has 1 aliphatic rings. The van der Waals surface area contributed by atoms with Crippen LogP contribution in [0.1, 0.15) is 5.56 Å². The van der Waals surface area contributed by atoms with Crippen molar-refractivity contribution in [1.29, 1.82) is 0 Å². The van der Waals surface area contributed by atoms with Crippen molar-refractivity contribution in [3.05, 3.63) is 64.1 Å². The summed E-state index contributed by atoms with van der Waals surface area (Å²) in [6.07, 6.45) is 0. The molecule has 4 nitrogen and oxygen atoms in total. The standard InChI is InChI=1S/C20H19Cl2N3O/c21-17-6-2-1-5-16(17)19-15(13-23-25-8-10-26-11-9-25)12-14-4-3-7-18(22)20(14)24-19/h1-7,12,23H,8-11,13H2. The number of hydrogen-bond acceptors (Lipinski definition) is 4. The zero-order valence-electron chi connectivity index (χ0n) is 14.2. The van der Waals surface area contributed by atoms with Gasteiger partial charge in [-0.25, -0.2) is 9.99 Å². The lowest BCUT2D eigenvalue weighted by Gasteiger charge is -2.27. The monoisotopic (exact) mass is 387 g/mol. The average Bonchev–Trinajstić information content (AvgIpc) is 2.67. The fourth-order valence-corrected chi connectivity index (χ4v) is 3.60. The number of pyridine rings is 1. The van der Waals surface area contributed by atoms with E-state index in [-0.39, 0.29) is 0 Å². The van der Waals surface area contributed by atoms with Gasteiger partial charge in [-0.05, 0) is 23.8 Å². The molecule has 0 atom stereocenters. The first-order valence-electron chi connectivity index (χ1n) is 8.61. The van der Waals surface area contributed by atoms with Crippen LogP contribution in [0.25, 0.3) is 22.2 Å². The molecule has 1 N–H and O–H groups in total. The molecule has 1 fully saturated rings. The number of fused-ring (bicyclic) bond motifs is 1. The maximum absolute atomic E-state index is 6.45. The van der Waals surface area contributed by atoms with E-state index in [0.29, 0.717) is 16.6 Å². The van der Waals surface area contributed by atoms with Crippen molar-refractivity contribution in [3.63, 3.8) is 0 Å². The number of hydrazine groups is 1. The molecule has 0 saturated carbocycles. The van der Waals surface area contributed by atoms with Gasteiger partial charge in [-0.3, -0.25) is 5.43 Å². The molecular formula is C20H19Cl2N3O. The number of ether oxygens (including phenoxy) is 1. The Morgan fingerprint density at radius 1 is 1.00 bits per heavy atom. The molecule has 26 heavy (non-hydrogen) atoms. The molecule has 6 heteroatoms. The minimum atomic E-state index is 0.642. The first-order valence-corrected chi connectivity index (χ1v) is 9.37. The highest BCUT2D eigenvalue weighted by molar-refractivity contribution is 6.35. The summed E-state index contributed by atoms with van der Waals surface area (Å²) in [5.41, 5.74) is 7.13. The minimum absolute atomic E-state index is 0.642. The third kappa shape index (κ3) is 3.70. The highest BCUT2D eigenvalue weighted by atomic mass is 35.5. The van der Waals surface area contributed by atoms with E-state index in [4.69, 9.17) is 32.9 Å². The average molecular weight is 388 g/mol. The molecule has 134 valence electrons. The van der Waals surface area contributed by atoms with Gasteiger partial charge >= 0.3 is 0 Å². The Labute approximate surface area is 162 Å². The van der Waals surface area contributed by atoms with Crippen molar-refractivity contribution in [2.45, 2.75) is 6.54 Å². The Bertz CT molecular complexity index is 926.